The predicted octanol–water partition coefficient (Wildman–Crippen LogP) is 6.05. The van der Waals surface area contributed by atoms with Crippen molar-refractivity contribution in [1.29, 1.82) is 0 Å². The summed E-state index contributed by atoms with van der Waals surface area (Å²) in [6, 6.07) is 9.96. The van der Waals surface area contributed by atoms with Crippen LogP contribution in [0.15, 0.2) is 48.8 Å². The number of rotatable bonds is 4. The second kappa shape index (κ2) is 7.99. The molecule has 0 N–H and O–H groups in total. The Morgan fingerprint density at radius 1 is 1.00 bits per heavy atom. The van der Waals surface area contributed by atoms with Crippen LogP contribution in [0.1, 0.15) is 60.7 Å². The van der Waals surface area contributed by atoms with Crippen molar-refractivity contribution in [3.8, 4) is 11.1 Å². The summed E-state index contributed by atoms with van der Waals surface area (Å²) in [5.41, 5.74) is 4.41. The smallest absolute Gasteiger partial charge is 0.160 e. The molecule has 4 heterocycles. The number of benzene rings is 1. The molecular formula is C26H24F2N4O. The van der Waals surface area contributed by atoms with E-state index in [2.05, 4.69) is 16.3 Å². The third-order valence-corrected chi connectivity index (χ3v) is 6.67. The molecule has 0 spiro atoms. The summed E-state index contributed by atoms with van der Waals surface area (Å²) in [4.78, 5) is 9.50. The van der Waals surface area contributed by atoms with Crippen LogP contribution < -0.4 is 0 Å². The second-order valence-electron chi connectivity index (χ2n) is 9.11. The molecule has 1 aliphatic carbocycles. The molecule has 5 nitrogen and oxygen atoms in total. The molecule has 1 saturated carbocycles. The topological polar surface area (TPSA) is 52.8 Å². The van der Waals surface area contributed by atoms with Crippen molar-refractivity contribution in [2.75, 3.05) is 6.61 Å². The van der Waals surface area contributed by atoms with Gasteiger partial charge in [0.15, 0.2) is 5.65 Å². The average molecular weight is 447 g/mol. The molecule has 4 aromatic rings. The van der Waals surface area contributed by atoms with Crippen LogP contribution in [0.5, 0.6) is 0 Å². The maximum absolute atomic E-state index is 14.8. The monoisotopic (exact) mass is 446 g/mol. The van der Waals surface area contributed by atoms with Crippen LogP contribution >= 0.6 is 0 Å². The standard InChI is InChI=1S/C26H24F2N4O/c1-15-2-6-21-22(20-7-3-18(27)11-23(20)28)12-24(31-26(21)30-15)16-8-9-33-25(10-16)17-13-29-32(14-17)19-4-5-19/h2-3,6-7,11-14,16,19,25H,4-5,8-10H2,1H3/t16-,25-/m0/s1. The van der Waals surface area contributed by atoms with Crippen molar-refractivity contribution >= 4 is 11.0 Å². The number of ether oxygens (including phenoxy) is 1. The first-order chi connectivity index (χ1) is 16.0. The SMILES string of the molecule is Cc1ccc2c(-c3ccc(F)cc3F)cc([C@H]3CCO[C@H](c4cnn(C5CC5)c4)C3)nc2n1. The highest BCUT2D eigenvalue weighted by molar-refractivity contribution is 5.93. The molecule has 1 aromatic carbocycles. The van der Waals surface area contributed by atoms with Crippen LogP contribution in [0, 0.1) is 18.6 Å². The summed E-state index contributed by atoms with van der Waals surface area (Å²) in [7, 11) is 0. The lowest BCUT2D eigenvalue weighted by Crippen LogP contribution is -2.19. The molecular weight excluding hydrogens is 422 g/mol. The van der Waals surface area contributed by atoms with Crippen LogP contribution in [0.25, 0.3) is 22.2 Å². The van der Waals surface area contributed by atoms with Crippen molar-refractivity contribution in [2.45, 2.75) is 50.7 Å². The summed E-state index contributed by atoms with van der Waals surface area (Å²) in [5.74, 6) is -1.05. The molecule has 33 heavy (non-hydrogen) atoms. The number of halogens is 2. The lowest BCUT2D eigenvalue weighted by molar-refractivity contribution is 0.00464. The maximum atomic E-state index is 14.8. The van der Waals surface area contributed by atoms with Gasteiger partial charge >= 0.3 is 0 Å². The fourth-order valence-electron chi connectivity index (χ4n) is 4.71. The van der Waals surface area contributed by atoms with E-state index in [-0.39, 0.29) is 12.0 Å². The molecule has 2 atom stereocenters. The Kier molecular flexibility index (Phi) is 4.94. The largest absolute Gasteiger partial charge is 0.373 e. The van der Waals surface area contributed by atoms with Gasteiger partial charge in [-0.2, -0.15) is 5.10 Å². The molecule has 3 aromatic heterocycles. The first-order valence-corrected chi connectivity index (χ1v) is 11.4. The van der Waals surface area contributed by atoms with Crippen LogP contribution in [-0.2, 0) is 4.74 Å². The van der Waals surface area contributed by atoms with Gasteiger partial charge in [-0.15, -0.1) is 0 Å². The molecule has 7 heteroatoms. The van der Waals surface area contributed by atoms with Gasteiger partial charge in [0.2, 0.25) is 0 Å². The Morgan fingerprint density at radius 3 is 2.70 bits per heavy atom. The van der Waals surface area contributed by atoms with Crippen molar-refractivity contribution < 1.29 is 13.5 Å². The molecule has 1 saturated heterocycles. The Bertz CT molecular complexity index is 1350. The van der Waals surface area contributed by atoms with Gasteiger partial charge in [0.05, 0.1) is 18.3 Å². The molecule has 2 aliphatic rings. The molecule has 6 rings (SSSR count). The van der Waals surface area contributed by atoms with Crippen molar-refractivity contribution in [3.05, 3.63) is 77.4 Å². The van der Waals surface area contributed by atoms with Gasteiger partial charge in [-0.3, -0.25) is 4.68 Å². The lowest BCUT2D eigenvalue weighted by Gasteiger charge is -2.29. The molecule has 168 valence electrons. The highest BCUT2D eigenvalue weighted by Gasteiger charge is 2.30. The van der Waals surface area contributed by atoms with Gasteiger partial charge in [-0.05, 0) is 68.5 Å². The van der Waals surface area contributed by atoms with E-state index >= 15 is 0 Å². The van der Waals surface area contributed by atoms with Gasteiger partial charge in [-0.25, -0.2) is 18.7 Å². The Hall–Kier alpha value is -3.19. The van der Waals surface area contributed by atoms with Crippen LogP contribution in [0.2, 0.25) is 0 Å². The number of nitrogens with zero attached hydrogens (tertiary/aromatic N) is 4. The first kappa shape index (κ1) is 20.4. The molecule has 1 aliphatic heterocycles. The van der Waals surface area contributed by atoms with Gasteiger partial charge < -0.3 is 4.74 Å². The second-order valence-corrected chi connectivity index (χ2v) is 9.11. The molecule has 0 unspecified atom stereocenters. The lowest BCUT2D eigenvalue weighted by atomic mass is 9.88. The summed E-state index contributed by atoms with van der Waals surface area (Å²) < 4.78 is 36.5. The third-order valence-electron chi connectivity index (χ3n) is 6.67. The van der Waals surface area contributed by atoms with E-state index in [0.717, 1.165) is 41.2 Å². The molecule has 0 amide bonds. The van der Waals surface area contributed by atoms with Crippen molar-refractivity contribution in [3.63, 3.8) is 0 Å². The number of hydrogen-bond acceptors (Lipinski definition) is 4. The highest BCUT2D eigenvalue weighted by Crippen LogP contribution is 2.41. The van der Waals surface area contributed by atoms with Gasteiger partial charge in [0.25, 0.3) is 0 Å². The van der Waals surface area contributed by atoms with E-state index in [9.17, 15) is 8.78 Å². The summed E-state index contributed by atoms with van der Waals surface area (Å²) in [6.07, 6.45) is 7.92. The quantitative estimate of drug-likeness (QED) is 0.383. The Morgan fingerprint density at radius 2 is 1.88 bits per heavy atom. The highest BCUT2D eigenvalue weighted by atomic mass is 19.1. The zero-order chi connectivity index (χ0) is 22.5. The third kappa shape index (κ3) is 3.91. The predicted molar refractivity (Wildman–Crippen MR) is 121 cm³/mol. The van der Waals surface area contributed by atoms with Crippen molar-refractivity contribution in [1.82, 2.24) is 19.7 Å². The van der Waals surface area contributed by atoms with E-state index in [1.165, 1.54) is 25.0 Å². The first-order valence-electron chi connectivity index (χ1n) is 11.4. The minimum atomic E-state index is -0.595. The normalized spacial score (nSPS) is 20.9. The Balaban J connectivity index is 1.39. The van der Waals surface area contributed by atoms with Gasteiger partial charge in [0, 0.05) is 52.7 Å². The van der Waals surface area contributed by atoms with Crippen LogP contribution in [0.4, 0.5) is 8.78 Å². The fourth-order valence-corrected chi connectivity index (χ4v) is 4.71. The summed E-state index contributed by atoms with van der Waals surface area (Å²) in [5, 5.41) is 5.26. The zero-order valence-electron chi connectivity index (χ0n) is 18.3. The Labute approximate surface area is 190 Å². The molecule has 0 radical (unpaired) electrons. The number of pyridine rings is 2. The summed E-state index contributed by atoms with van der Waals surface area (Å²) >= 11 is 0. The number of aryl methyl sites for hydroxylation is 1. The minimum Gasteiger partial charge on any atom is -0.373 e. The number of hydrogen-bond donors (Lipinski definition) is 0. The summed E-state index contributed by atoms with van der Waals surface area (Å²) in [6.45, 7) is 2.53. The van der Waals surface area contributed by atoms with Crippen LogP contribution in [-0.4, -0.2) is 26.4 Å². The zero-order valence-corrected chi connectivity index (χ0v) is 18.3. The van der Waals surface area contributed by atoms with E-state index in [1.807, 2.05) is 36.0 Å². The van der Waals surface area contributed by atoms with Crippen LogP contribution in [0.3, 0.4) is 0 Å². The van der Waals surface area contributed by atoms with E-state index in [4.69, 9.17) is 9.72 Å². The van der Waals surface area contributed by atoms with Gasteiger partial charge in [-0.1, -0.05) is 0 Å². The van der Waals surface area contributed by atoms with E-state index in [1.54, 1.807) is 0 Å². The van der Waals surface area contributed by atoms with Crippen molar-refractivity contribution in [2.24, 2.45) is 0 Å². The number of aromatic nitrogens is 4. The molecule has 0 bridgehead atoms. The minimum absolute atomic E-state index is 0.0507. The fraction of sp³-hybridized carbons (Fsp3) is 0.346. The van der Waals surface area contributed by atoms with Gasteiger partial charge in [0.1, 0.15) is 11.6 Å². The average Bonchev–Trinajstić information content (AvgIpc) is 3.54. The molecule has 2 fully saturated rings. The van der Waals surface area contributed by atoms with E-state index in [0.29, 0.717) is 29.4 Å². The number of fused-ring (bicyclic) bond motifs is 1. The van der Waals surface area contributed by atoms with E-state index < -0.39 is 11.6 Å². The maximum Gasteiger partial charge on any atom is 0.160 e.